The van der Waals surface area contributed by atoms with Crippen molar-refractivity contribution in [2.45, 2.75) is 30.5 Å². The summed E-state index contributed by atoms with van der Waals surface area (Å²) in [6.07, 6.45) is 3.33. The molecule has 3 nitrogen and oxygen atoms in total. The molecule has 1 atom stereocenters. The fourth-order valence-electron chi connectivity index (χ4n) is 1.92. The number of hydrogen-bond acceptors (Lipinski definition) is 2. The monoisotopic (exact) mass is 323 g/mol. The summed E-state index contributed by atoms with van der Waals surface area (Å²) in [6, 6.07) is 1.48. The van der Waals surface area contributed by atoms with Gasteiger partial charge in [-0.1, -0.05) is 55.1 Å². The highest BCUT2D eigenvalue weighted by Gasteiger charge is 2.34. The molecular formula is C13H16Cl3NO2. The van der Waals surface area contributed by atoms with Crippen molar-refractivity contribution in [3.8, 4) is 0 Å². The Bertz CT molecular complexity index is 489. The van der Waals surface area contributed by atoms with E-state index in [9.17, 15) is 9.59 Å². The molecular weight excluding hydrogens is 309 g/mol. The number of rotatable bonds is 5. The molecule has 106 valence electrons. The quantitative estimate of drug-likeness (QED) is 0.601. The van der Waals surface area contributed by atoms with Gasteiger partial charge in [0.05, 0.1) is 5.69 Å². The van der Waals surface area contributed by atoms with Gasteiger partial charge in [-0.3, -0.25) is 9.59 Å². The van der Waals surface area contributed by atoms with Crippen LogP contribution >= 0.6 is 34.8 Å². The Morgan fingerprint density at radius 3 is 2.42 bits per heavy atom. The minimum absolute atomic E-state index is 0.000757. The second-order valence-corrected chi connectivity index (χ2v) is 6.89. The number of carbonyl (C=O) groups excluding carboxylic acids is 2. The van der Waals surface area contributed by atoms with Gasteiger partial charge in [-0.25, -0.2) is 0 Å². The van der Waals surface area contributed by atoms with Crippen LogP contribution in [0.15, 0.2) is 12.3 Å². The van der Waals surface area contributed by atoms with E-state index >= 15 is 0 Å². The molecule has 0 saturated heterocycles. The van der Waals surface area contributed by atoms with Gasteiger partial charge in [0, 0.05) is 24.7 Å². The van der Waals surface area contributed by atoms with Crippen LogP contribution < -0.4 is 0 Å². The number of ketones is 2. The number of aromatic nitrogens is 1. The fraction of sp³-hybridized carbons (Fsp3) is 0.538. The van der Waals surface area contributed by atoms with Crippen molar-refractivity contribution >= 4 is 46.4 Å². The van der Waals surface area contributed by atoms with Crippen molar-refractivity contribution in [1.82, 2.24) is 4.57 Å². The Morgan fingerprint density at radius 1 is 1.37 bits per heavy atom. The SMILES string of the molecule is CCCC(C)C(=O)c1cc(C(=O)C(Cl)(Cl)Cl)n(C)c1. The van der Waals surface area contributed by atoms with Crippen molar-refractivity contribution in [2.24, 2.45) is 13.0 Å². The van der Waals surface area contributed by atoms with E-state index < -0.39 is 9.58 Å². The van der Waals surface area contributed by atoms with Crippen molar-refractivity contribution in [2.75, 3.05) is 0 Å². The number of hydrogen-bond donors (Lipinski definition) is 0. The van der Waals surface area contributed by atoms with E-state index in [-0.39, 0.29) is 17.4 Å². The summed E-state index contributed by atoms with van der Waals surface area (Å²) in [5.74, 6) is -0.717. The number of carbonyl (C=O) groups is 2. The third kappa shape index (κ3) is 3.98. The lowest BCUT2D eigenvalue weighted by Crippen LogP contribution is -2.21. The molecule has 1 heterocycles. The predicted octanol–water partition coefficient (Wildman–Crippen LogP) is 4.20. The molecule has 0 spiro atoms. The fourth-order valence-corrected chi connectivity index (χ4v) is 2.21. The molecule has 0 amide bonds. The van der Waals surface area contributed by atoms with Crippen LogP contribution in [-0.2, 0) is 7.05 Å². The largest absolute Gasteiger partial charge is 0.347 e. The Hall–Kier alpha value is -0.510. The number of halogens is 3. The molecule has 1 unspecified atom stereocenters. The average molecular weight is 325 g/mol. The molecule has 1 rings (SSSR count). The van der Waals surface area contributed by atoms with E-state index in [1.807, 2.05) is 13.8 Å². The molecule has 19 heavy (non-hydrogen) atoms. The highest BCUT2D eigenvalue weighted by molar-refractivity contribution is 6.77. The van der Waals surface area contributed by atoms with E-state index in [4.69, 9.17) is 34.8 Å². The molecule has 6 heteroatoms. The maximum Gasteiger partial charge on any atom is 0.255 e. The topological polar surface area (TPSA) is 39.1 Å². The van der Waals surface area contributed by atoms with Crippen LogP contribution in [0.3, 0.4) is 0 Å². The summed E-state index contributed by atoms with van der Waals surface area (Å²) in [5.41, 5.74) is 0.688. The summed E-state index contributed by atoms with van der Waals surface area (Å²) in [7, 11) is 1.64. The molecule has 0 radical (unpaired) electrons. The molecule has 0 N–H and O–H groups in total. The van der Waals surface area contributed by atoms with Gasteiger partial charge in [-0.2, -0.15) is 0 Å². The smallest absolute Gasteiger partial charge is 0.255 e. The van der Waals surface area contributed by atoms with Crippen LogP contribution in [-0.4, -0.2) is 19.9 Å². The third-order valence-corrected chi connectivity index (χ3v) is 3.46. The van der Waals surface area contributed by atoms with Crippen molar-refractivity contribution in [1.29, 1.82) is 0 Å². The second kappa shape index (κ2) is 6.29. The summed E-state index contributed by atoms with van der Waals surface area (Å²) < 4.78 is -0.502. The lowest BCUT2D eigenvalue weighted by molar-refractivity contribution is 0.0923. The Morgan fingerprint density at radius 2 is 1.95 bits per heavy atom. The van der Waals surface area contributed by atoms with Gasteiger partial charge >= 0.3 is 0 Å². The summed E-state index contributed by atoms with van der Waals surface area (Å²) >= 11 is 16.7. The van der Waals surface area contributed by atoms with E-state index in [2.05, 4.69) is 0 Å². The van der Waals surface area contributed by atoms with Crippen molar-refractivity contribution in [3.63, 3.8) is 0 Å². The van der Waals surface area contributed by atoms with Crippen LogP contribution in [0.25, 0.3) is 0 Å². The van der Waals surface area contributed by atoms with E-state index in [0.717, 1.165) is 12.8 Å². The van der Waals surface area contributed by atoms with Gasteiger partial charge in [0.25, 0.3) is 3.79 Å². The molecule has 0 aliphatic carbocycles. The number of Topliss-reactive ketones (excluding diaryl/α,β-unsaturated/α-hetero) is 2. The molecule has 0 aromatic carbocycles. The van der Waals surface area contributed by atoms with Gasteiger partial charge in [-0.15, -0.1) is 0 Å². The first kappa shape index (κ1) is 16.5. The van der Waals surface area contributed by atoms with E-state index in [0.29, 0.717) is 5.56 Å². The first-order valence-corrected chi connectivity index (χ1v) is 7.14. The Labute approximate surface area is 127 Å². The van der Waals surface area contributed by atoms with Crippen LogP contribution in [0.1, 0.15) is 47.5 Å². The average Bonchev–Trinajstić information content (AvgIpc) is 2.68. The molecule has 0 aliphatic heterocycles. The molecule has 1 aromatic heterocycles. The first-order valence-electron chi connectivity index (χ1n) is 6.00. The summed E-state index contributed by atoms with van der Waals surface area (Å²) in [6.45, 7) is 3.89. The van der Waals surface area contributed by atoms with Crippen LogP contribution in [0.2, 0.25) is 0 Å². The molecule has 0 saturated carbocycles. The molecule has 0 aliphatic rings. The lowest BCUT2D eigenvalue weighted by atomic mass is 9.97. The van der Waals surface area contributed by atoms with Crippen LogP contribution in [0.4, 0.5) is 0 Å². The van der Waals surface area contributed by atoms with Crippen molar-refractivity contribution in [3.05, 3.63) is 23.5 Å². The Balaban J connectivity index is 3.03. The highest BCUT2D eigenvalue weighted by Crippen LogP contribution is 2.31. The number of alkyl halides is 3. The zero-order valence-electron chi connectivity index (χ0n) is 11.0. The van der Waals surface area contributed by atoms with Gasteiger partial charge < -0.3 is 4.57 Å². The maximum absolute atomic E-state index is 12.1. The third-order valence-electron chi connectivity index (χ3n) is 2.95. The number of nitrogens with zero attached hydrogens (tertiary/aromatic N) is 1. The molecule has 0 bridgehead atoms. The van der Waals surface area contributed by atoms with Crippen molar-refractivity contribution < 1.29 is 9.59 Å². The second-order valence-electron chi connectivity index (χ2n) is 4.61. The van der Waals surface area contributed by atoms with Crippen LogP contribution in [0.5, 0.6) is 0 Å². The predicted molar refractivity (Wildman–Crippen MR) is 78.4 cm³/mol. The summed E-state index contributed by atoms with van der Waals surface area (Å²) in [5, 5.41) is 0. The van der Waals surface area contributed by atoms with Gasteiger partial charge in [-0.05, 0) is 12.5 Å². The molecule has 1 aromatic rings. The zero-order valence-corrected chi connectivity index (χ0v) is 13.3. The van der Waals surface area contributed by atoms with E-state index in [1.165, 1.54) is 10.6 Å². The van der Waals surface area contributed by atoms with Crippen LogP contribution in [0, 0.1) is 5.92 Å². The zero-order chi connectivity index (χ0) is 14.8. The summed E-state index contributed by atoms with van der Waals surface area (Å²) in [4.78, 5) is 24.0. The minimum atomic E-state index is -2.01. The number of aryl methyl sites for hydroxylation is 1. The standard InChI is InChI=1S/C13H16Cl3NO2/c1-4-5-8(2)11(18)9-6-10(17(3)7-9)12(19)13(14,15)16/h6-8H,4-5H2,1-3H3. The van der Waals surface area contributed by atoms with Gasteiger partial charge in [0.1, 0.15) is 0 Å². The molecule has 0 fully saturated rings. The Kier molecular flexibility index (Phi) is 5.48. The van der Waals surface area contributed by atoms with E-state index in [1.54, 1.807) is 13.2 Å². The highest BCUT2D eigenvalue weighted by atomic mass is 35.6. The lowest BCUT2D eigenvalue weighted by Gasteiger charge is -2.09. The normalized spacial score (nSPS) is 13.4. The maximum atomic E-state index is 12.1. The minimum Gasteiger partial charge on any atom is -0.347 e. The first-order chi connectivity index (χ1) is 8.68. The van der Waals surface area contributed by atoms with Gasteiger partial charge in [0.2, 0.25) is 5.78 Å². The van der Waals surface area contributed by atoms with Gasteiger partial charge in [0.15, 0.2) is 5.78 Å².